The summed E-state index contributed by atoms with van der Waals surface area (Å²) in [5.41, 5.74) is 7.41. The molecular weight excluding hydrogens is 334 g/mol. The Morgan fingerprint density at radius 1 is 1.43 bits per heavy atom. The number of anilines is 3. The lowest BCUT2D eigenvalue weighted by Crippen LogP contribution is -2.06. The molecule has 7 heteroatoms. The Labute approximate surface area is 131 Å². The minimum atomic E-state index is 0.315. The van der Waals surface area contributed by atoms with Crippen molar-refractivity contribution in [1.29, 1.82) is 5.26 Å². The average Bonchev–Trinajstić information content (AvgIpc) is 2.48. The van der Waals surface area contributed by atoms with Gasteiger partial charge in [0.05, 0.1) is 17.9 Å². The van der Waals surface area contributed by atoms with Crippen LogP contribution in [0.1, 0.15) is 18.9 Å². The van der Waals surface area contributed by atoms with Gasteiger partial charge in [-0.25, -0.2) is 4.98 Å². The van der Waals surface area contributed by atoms with Gasteiger partial charge in [0.15, 0.2) is 5.82 Å². The Balaban J connectivity index is 2.32. The fourth-order valence-electron chi connectivity index (χ4n) is 1.64. The molecule has 1 heterocycles. The van der Waals surface area contributed by atoms with E-state index >= 15 is 0 Å². The molecule has 0 radical (unpaired) electrons. The van der Waals surface area contributed by atoms with Crippen molar-refractivity contribution in [3.05, 3.63) is 34.6 Å². The Kier molecular flexibility index (Phi) is 4.95. The number of hydrogen-bond donors (Lipinski definition) is 2. The van der Waals surface area contributed by atoms with Gasteiger partial charge in [-0.15, -0.1) is 0 Å². The van der Waals surface area contributed by atoms with Gasteiger partial charge in [-0.3, -0.25) is 0 Å². The minimum Gasteiger partial charge on any atom is -0.476 e. The number of rotatable bonds is 5. The quantitative estimate of drug-likeness (QED) is 0.861. The molecule has 1 aromatic heterocycles. The summed E-state index contributed by atoms with van der Waals surface area (Å²) in [6.45, 7) is 2.53. The van der Waals surface area contributed by atoms with Crippen molar-refractivity contribution < 1.29 is 4.74 Å². The van der Waals surface area contributed by atoms with E-state index in [-0.39, 0.29) is 0 Å². The third kappa shape index (κ3) is 3.61. The van der Waals surface area contributed by atoms with Gasteiger partial charge in [0.2, 0.25) is 5.88 Å². The first-order valence-corrected chi connectivity index (χ1v) is 7.15. The molecule has 0 amide bonds. The van der Waals surface area contributed by atoms with Crippen LogP contribution in [-0.2, 0) is 0 Å². The highest BCUT2D eigenvalue weighted by Gasteiger charge is 2.11. The molecule has 0 saturated heterocycles. The Morgan fingerprint density at radius 3 is 2.95 bits per heavy atom. The van der Waals surface area contributed by atoms with Crippen molar-refractivity contribution in [3.8, 4) is 11.9 Å². The van der Waals surface area contributed by atoms with Crippen molar-refractivity contribution in [1.82, 2.24) is 9.97 Å². The zero-order valence-corrected chi connectivity index (χ0v) is 13.0. The van der Waals surface area contributed by atoms with E-state index in [2.05, 4.69) is 37.3 Å². The summed E-state index contributed by atoms with van der Waals surface area (Å²) in [7, 11) is 0. The maximum atomic E-state index is 9.13. The third-order valence-corrected chi connectivity index (χ3v) is 3.14. The molecule has 1 aromatic carbocycles. The van der Waals surface area contributed by atoms with Crippen LogP contribution in [0.15, 0.2) is 29.0 Å². The van der Waals surface area contributed by atoms with Gasteiger partial charge in [0, 0.05) is 4.47 Å². The van der Waals surface area contributed by atoms with Crippen molar-refractivity contribution in [2.45, 2.75) is 13.3 Å². The molecule has 2 aromatic rings. The number of aromatic nitrogens is 2. The lowest BCUT2D eigenvalue weighted by Gasteiger charge is -2.12. The van der Waals surface area contributed by atoms with Gasteiger partial charge in [-0.2, -0.15) is 10.2 Å². The number of benzene rings is 1. The highest BCUT2D eigenvalue weighted by molar-refractivity contribution is 9.10. The molecule has 0 spiro atoms. The van der Waals surface area contributed by atoms with E-state index in [1.165, 1.54) is 6.33 Å². The second kappa shape index (κ2) is 6.90. The van der Waals surface area contributed by atoms with Crippen LogP contribution in [0, 0.1) is 11.3 Å². The second-order valence-electron chi connectivity index (χ2n) is 4.22. The van der Waals surface area contributed by atoms with Crippen LogP contribution >= 0.6 is 15.9 Å². The molecule has 0 unspecified atom stereocenters. The van der Waals surface area contributed by atoms with E-state index in [0.29, 0.717) is 35.2 Å². The van der Waals surface area contributed by atoms with Crippen LogP contribution in [0.2, 0.25) is 0 Å². The van der Waals surface area contributed by atoms with E-state index in [9.17, 15) is 0 Å². The Hall–Kier alpha value is -2.33. The summed E-state index contributed by atoms with van der Waals surface area (Å²) in [6.07, 6.45) is 2.23. The minimum absolute atomic E-state index is 0.315. The number of nitrogens with one attached hydrogen (secondary N) is 1. The maximum Gasteiger partial charge on any atom is 0.242 e. The summed E-state index contributed by atoms with van der Waals surface area (Å²) in [5, 5.41) is 12.2. The summed E-state index contributed by atoms with van der Waals surface area (Å²) in [6, 6.07) is 7.40. The zero-order valence-electron chi connectivity index (χ0n) is 11.4. The van der Waals surface area contributed by atoms with Gasteiger partial charge in [-0.05, 0) is 24.6 Å². The fraction of sp³-hybridized carbons (Fsp3) is 0.214. The smallest absolute Gasteiger partial charge is 0.242 e. The van der Waals surface area contributed by atoms with E-state index in [0.717, 1.165) is 10.9 Å². The van der Waals surface area contributed by atoms with Gasteiger partial charge in [0.1, 0.15) is 18.1 Å². The lowest BCUT2D eigenvalue weighted by atomic mass is 10.2. The number of nitrogens with zero attached hydrogens (tertiary/aromatic N) is 3. The van der Waals surface area contributed by atoms with E-state index < -0.39 is 0 Å². The molecule has 0 aliphatic heterocycles. The number of halogens is 1. The van der Waals surface area contributed by atoms with Crippen LogP contribution in [0.5, 0.6) is 5.88 Å². The van der Waals surface area contributed by atoms with E-state index in [4.69, 9.17) is 15.7 Å². The lowest BCUT2D eigenvalue weighted by molar-refractivity contribution is 0.307. The average molecular weight is 348 g/mol. The molecule has 2 rings (SSSR count). The molecule has 0 fully saturated rings. The molecule has 3 N–H and O–H groups in total. The normalized spacial score (nSPS) is 9.95. The highest BCUT2D eigenvalue weighted by Crippen LogP contribution is 2.30. The van der Waals surface area contributed by atoms with Crippen LogP contribution in [0.4, 0.5) is 17.2 Å². The van der Waals surface area contributed by atoms with Gasteiger partial charge >= 0.3 is 0 Å². The van der Waals surface area contributed by atoms with Crippen molar-refractivity contribution in [2.24, 2.45) is 0 Å². The van der Waals surface area contributed by atoms with Gasteiger partial charge in [0.25, 0.3) is 0 Å². The first-order valence-electron chi connectivity index (χ1n) is 6.35. The number of nitriles is 1. The number of nitrogens with two attached hydrogens (primary N) is 1. The number of ether oxygens (including phenoxy) is 1. The standard InChI is InChI=1S/C14H14BrN5O/c1-2-5-21-14-12(17)13(18-8-19-14)20-11-6-10(15)4-3-9(11)7-16/h3-4,6,8H,2,5,17H2,1H3,(H,18,19,20). The summed E-state index contributed by atoms with van der Waals surface area (Å²) in [5.74, 6) is 0.744. The summed E-state index contributed by atoms with van der Waals surface area (Å²) < 4.78 is 6.30. The zero-order chi connectivity index (χ0) is 15.2. The monoisotopic (exact) mass is 347 g/mol. The van der Waals surface area contributed by atoms with Crippen LogP contribution in [0.25, 0.3) is 0 Å². The largest absolute Gasteiger partial charge is 0.476 e. The molecule has 0 bridgehead atoms. The number of hydrogen-bond acceptors (Lipinski definition) is 6. The van der Waals surface area contributed by atoms with Crippen LogP contribution < -0.4 is 15.8 Å². The van der Waals surface area contributed by atoms with E-state index in [1.54, 1.807) is 18.2 Å². The third-order valence-electron chi connectivity index (χ3n) is 2.65. The molecule has 0 saturated carbocycles. The van der Waals surface area contributed by atoms with Gasteiger partial charge in [-0.1, -0.05) is 22.9 Å². The fourth-order valence-corrected chi connectivity index (χ4v) is 2.00. The van der Waals surface area contributed by atoms with Gasteiger partial charge < -0.3 is 15.8 Å². The summed E-state index contributed by atoms with van der Waals surface area (Å²) >= 11 is 3.37. The maximum absolute atomic E-state index is 9.13. The van der Waals surface area contributed by atoms with Crippen molar-refractivity contribution in [2.75, 3.05) is 17.7 Å². The predicted molar refractivity (Wildman–Crippen MR) is 84.4 cm³/mol. The van der Waals surface area contributed by atoms with E-state index in [1.807, 2.05) is 6.92 Å². The van der Waals surface area contributed by atoms with Crippen molar-refractivity contribution >= 4 is 33.1 Å². The number of nitrogen functional groups attached to an aromatic ring is 1. The Morgan fingerprint density at radius 2 is 2.24 bits per heavy atom. The topological polar surface area (TPSA) is 96.9 Å². The molecule has 0 atom stereocenters. The SMILES string of the molecule is CCCOc1ncnc(Nc2cc(Br)ccc2C#N)c1N. The second-order valence-corrected chi connectivity index (χ2v) is 5.13. The first kappa shape index (κ1) is 15.1. The van der Waals surface area contributed by atoms with Crippen molar-refractivity contribution in [3.63, 3.8) is 0 Å². The first-order chi connectivity index (χ1) is 10.2. The molecule has 21 heavy (non-hydrogen) atoms. The predicted octanol–water partition coefficient (Wildman–Crippen LogP) is 3.23. The highest BCUT2D eigenvalue weighted by atomic mass is 79.9. The summed E-state index contributed by atoms with van der Waals surface area (Å²) in [4.78, 5) is 8.10. The Bertz CT molecular complexity index is 684. The molecule has 6 nitrogen and oxygen atoms in total. The molecule has 0 aliphatic carbocycles. The molecule has 108 valence electrons. The van der Waals surface area contributed by atoms with Crippen LogP contribution in [0.3, 0.4) is 0 Å². The molecule has 0 aliphatic rings. The van der Waals surface area contributed by atoms with Crippen LogP contribution in [-0.4, -0.2) is 16.6 Å². The molecular formula is C14H14BrN5O.